The van der Waals surface area contributed by atoms with Gasteiger partial charge in [0.1, 0.15) is 5.69 Å². The lowest BCUT2D eigenvalue weighted by Gasteiger charge is -2.11. The molecule has 4 rings (SSSR count). The highest BCUT2D eigenvalue weighted by Gasteiger charge is 2.20. The summed E-state index contributed by atoms with van der Waals surface area (Å²) in [6.45, 7) is 3.86. The van der Waals surface area contributed by atoms with Gasteiger partial charge in [0.2, 0.25) is 0 Å². The highest BCUT2D eigenvalue weighted by atomic mass is 16.1. The van der Waals surface area contributed by atoms with Gasteiger partial charge in [0, 0.05) is 17.8 Å². The number of benzene rings is 1. The van der Waals surface area contributed by atoms with Crippen LogP contribution in [0.3, 0.4) is 0 Å². The molecule has 0 fully saturated rings. The molecule has 1 aromatic carbocycles. The van der Waals surface area contributed by atoms with E-state index < -0.39 is 0 Å². The summed E-state index contributed by atoms with van der Waals surface area (Å²) in [6.07, 6.45) is 7.61. The molecule has 0 radical (unpaired) electrons. The second-order valence-corrected chi connectivity index (χ2v) is 6.54. The highest BCUT2D eigenvalue weighted by Crippen LogP contribution is 2.35. The Morgan fingerprint density at radius 1 is 1.00 bits per heavy atom. The van der Waals surface area contributed by atoms with Crippen LogP contribution in [0.1, 0.15) is 25.5 Å². The van der Waals surface area contributed by atoms with Crippen molar-refractivity contribution in [2.75, 3.05) is 0 Å². The minimum atomic E-state index is -0.136. The maximum absolute atomic E-state index is 12.2. The van der Waals surface area contributed by atoms with Gasteiger partial charge in [0.25, 0.3) is 5.56 Å². The first-order valence-corrected chi connectivity index (χ1v) is 8.74. The van der Waals surface area contributed by atoms with Gasteiger partial charge in [-0.05, 0) is 32.0 Å². The lowest BCUT2D eigenvalue weighted by Crippen LogP contribution is -2.23. The van der Waals surface area contributed by atoms with E-state index in [0.29, 0.717) is 5.69 Å². The van der Waals surface area contributed by atoms with Gasteiger partial charge in [-0.3, -0.25) is 4.79 Å². The van der Waals surface area contributed by atoms with Gasteiger partial charge < -0.3 is 0 Å². The summed E-state index contributed by atoms with van der Waals surface area (Å²) in [5, 5.41) is 9.37. The van der Waals surface area contributed by atoms with Crippen LogP contribution in [-0.2, 0) is 0 Å². The summed E-state index contributed by atoms with van der Waals surface area (Å²) < 4.78 is 3.26. The van der Waals surface area contributed by atoms with Gasteiger partial charge in [0.05, 0.1) is 28.4 Å². The first kappa shape index (κ1) is 16.8. The Bertz CT molecular complexity index is 1230. The Balaban J connectivity index is 2.11. The van der Waals surface area contributed by atoms with Crippen LogP contribution in [0.4, 0.5) is 0 Å². The number of terminal acetylenes is 1. The Labute approximate surface area is 156 Å². The van der Waals surface area contributed by atoms with Crippen molar-refractivity contribution in [2.45, 2.75) is 19.9 Å². The molecule has 0 amide bonds. The molecular weight excluding hydrogens is 336 g/mol. The lowest BCUT2D eigenvalue weighted by molar-refractivity contribution is 0.505. The summed E-state index contributed by atoms with van der Waals surface area (Å²) in [7, 11) is 0. The largest absolute Gasteiger partial charge is 0.268 e. The zero-order valence-corrected chi connectivity index (χ0v) is 15.1. The third-order valence-electron chi connectivity index (χ3n) is 4.43. The number of nitrogens with zero attached hydrogens (tertiary/aromatic N) is 4. The first-order chi connectivity index (χ1) is 13.1. The van der Waals surface area contributed by atoms with Crippen LogP contribution < -0.4 is 5.56 Å². The molecule has 0 saturated carbocycles. The van der Waals surface area contributed by atoms with E-state index >= 15 is 0 Å². The quantitative estimate of drug-likeness (QED) is 0.526. The van der Waals surface area contributed by atoms with E-state index in [0.717, 1.165) is 27.9 Å². The van der Waals surface area contributed by atoms with Gasteiger partial charge in [-0.25, -0.2) is 9.20 Å². The molecule has 3 heterocycles. The molecule has 0 aliphatic heterocycles. The molecule has 5 nitrogen and oxygen atoms in total. The van der Waals surface area contributed by atoms with Crippen LogP contribution in [0.15, 0.2) is 65.6 Å². The molecule has 4 aromatic rings. The Morgan fingerprint density at radius 2 is 1.78 bits per heavy atom. The first-order valence-electron chi connectivity index (χ1n) is 8.74. The second kappa shape index (κ2) is 6.58. The molecule has 0 aliphatic carbocycles. The SMILES string of the molecule is C#Cc1cccn2nc(-c3ccccc3)c(-c3ccc(=O)n(C(C)C)n3)c12. The van der Waals surface area contributed by atoms with E-state index in [-0.39, 0.29) is 11.6 Å². The monoisotopic (exact) mass is 354 g/mol. The fourth-order valence-corrected chi connectivity index (χ4v) is 3.19. The van der Waals surface area contributed by atoms with E-state index in [2.05, 4.69) is 11.0 Å². The summed E-state index contributed by atoms with van der Waals surface area (Å²) in [5.41, 5.74) is 4.63. The minimum Gasteiger partial charge on any atom is -0.268 e. The highest BCUT2D eigenvalue weighted by molar-refractivity contribution is 5.93. The van der Waals surface area contributed by atoms with E-state index in [1.54, 1.807) is 16.6 Å². The van der Waals surface area contributed by atoms with E-state index in [4.69, 9.17) is 11.5 Å². The van der Waals surface area contributed by atoms with Crippen molar-refractivity contribution in [1.29, 1.82) is 0 Å². The predicted octanol–water partition coefficient (Wildman–Crippen LogP) is 3.79. The molecular formula is C22H18N4O. The summed E-state index contributed by atoms with van der Waals surface area (Å²) >= 11 is 0. The van der Waals surface area contributed by atoms with Crippen LogP contribution in [0.25, 0.3) is 28.0 Å². The molecule has 0 aliphatic rings. The summed E-state index contributed by atoms with van der Waals surface area (Å²) in [5.74, 6) is 2.74. The van der Waals surface area contributed by atoms with Crippen LogP contribution >= 0.6 is 0 Å². The smallest absolute Gasteiger partial charge is 0.267 e. The molecule has 5 heteroatoms. The summed E-state index contributed by atoms with van der Waals surface area (Å²) in [6, 6.07) is 16.9. The van der Waals surface area contributed by atoms with Crippen molar-refractivity contribution in [3.05, 3.63) is 76.7 Å². The molecule has 0 N–H and O–H groups in total. The van der Waals surface area contributed by atoms with Crippen molar-refractivity contribution < 1.29 is 0 Å². The van der Waals surface area contributed by atoms with Crippen molar-refractivity contribution >= 4 is 5.52 Å². The van der Waals surface area contributed by atoms with Crippen molar-refractivity contribution in [3.63, 3.8) is 0 Å². The maximum atomic E-state index is 12.2. The van der Waals surface area contributed by atoms with Gasteiger partial charge in [-0.15, -0.1) is 6.42 Å². The molecule has 0 saturated heterocycles. The Morgan fingerprint density at radius 3 is 2.48 bits per heavy atom. The third-order valence-corrected chi connectivity index (χ3v) is 4.43. The molecule has 132 valence electrons. The van der Waals surface area contributed by atoms with Crippen LogP contribution in [0.2, 0.25) is 0 Å². The van der Waals surface area contributed by atoms with Crippen molar-refractivity contribution in [1.82, 2.24) is 19.4 Å². The van der Waals surface area contributed by atoms with Crippen molar-refractivity contribution in [2.24, 2.45) is 0 Å². The Hall–Kier alpha value is -3.65. The average molecular weight is 354 g/mol. The zero-order chi connectivity index (χ0) is 19.0. The number of rotatable bonds is 3. The number of aromatic nitrogens is 4. The average Bonchev–Trinajstić information content (AvgIpc) is 3.08. The summed E-state index contributed by atoms with van der Waals surface area (Å²) in [4.78, 5) is 12.2. The molecule has 0 unspecified atom stereocenters. The van der Waals surface area contributed by atoms with Gasteiger partial charge in [0.15, 0.2) is 0 Å². The number of fused-ring (bicyclic) bond motifs is 1. The standard InChI is InChI=1S/C22H18N4O/c1-4-16-11-8-14-25-22(16)20(21(24-25)17-9-6-5-7-10-17)18-12-13-19(27)26(23-18)15(2)3/h1,5-15H,2-3H3. The molecule has 27 heavy (non-hydrogen) atoms. The third kappa shape index (κ3) is 2.81. The fraction of sp³-hybridized carbons (Fsp3) is 0.136. The van der Waals surface area contributed by atoms with Crippen LogP contribution in [0, 0.1) is 12.3 Å². The van der Waals surface area contributed by atoms with Gasteiger partial charge >= 0.3 is 0 Å². The fourth-order valence-electron chi connectivity index (χ4n) is 3.19. The minimum absolute atomic E-state index is 0.0495. The molecule has 3 aromatic heterocycles. The predicted molar refractivity (Wildman–Crippen MR) is 106 cm³/mol. The molecule has 0 atom stereocenters. The van der Waals surface area contributed by atoms with Crippen LogP contribution in [-0.4, -0.2) is 19.4 Å². The second-order valence-electron chi connectivity index (χ2n) is 6.54. The molecule has 0 spiro atoms. The van der Waals surface area contributed by atoms with Crippen LogP contribution in [0.5, 0.6) is 0 Å². The van der Waals surface area contributed by atoms with E-state index in [1.165, 1.54) is 4.68 Å². The Kier molecular flexibility index (Phi) is 4.09. The van der Waals surface area contributed by atoms with E-state index in [1.807, 2.05) is 62.5 Å². The molecule has 0 bridgehead atoms. The number of hydrogen-bond donors (Lipinski definition) is 0. The van der Waals surface area contributed by atoms with Gasteiger partial charge in [-0.1, -0.05) is 36.3 Å². The van der Waals surface area contributed by atoms with Crippen molar-refractivity contribution in [3.8, 4) is 34.9 Å². The normalized spacial score (nSPS) is 11.0. The maximum Gasteiger partial charge on any atom is 0.267 e. The lowest BCUT2D eigenvalue weighted by atomic mass is 10.0. The van der Waals surface area contributed by atoms with E-state index in [9.17, 15) is 4.79 Å². The number of hydrogen-bond acceptors (Lipinski definition) is 3. The topological polar surface area (TPSA) is 52.2 Å². The number of pyridine rings is 1. The van der Waals surface area contributed by atoms with Gasteiger partial charge in [-0.2, -0.15) is 10.2 Å². The zero-order valence-electron chi connectivity index (χ0n) is 15.1.